The molecule has 0 spiro atoms. The monoisotopic (exact) mass is 313 g/mol. The Morgan fingerprint density at radius 1 is 1.35 bits per heavy atom. The average molecular weight is 315 g/mol. The van der Waals surface area contributed by atoms with Crippen molar-refractivity contribution in [1.82, 2.24) is 14.9 Å². The summed E-state index contributed by atoms with van der Waals surface area (Å²) in [7, 11) is 3.90. The standard InChI is InChI=1S/C12H13BrClN3/c1-15-7-10-16-11(12(13)17(10)2)8-3-5-9(14)6-4-8/h3-6,15H,7H2,1-2H3. The fourth-order valence-electron chi connectivity index (χ4n) is 1.63. The summed E-state index contributed by atoms with van der Waals surface area (Å²) in [6.07, 6.45) is 0. The SMILES string of the molecule is CNCc1nc(-c2ccc(Cl)cc2)c(Br)n1C. The van der Waals surface area contributed by atoms with Crippen LogP contribution in [0.1, 0.15) is 5.82 Å². The summed E-state index contributed by atoms with van der Waals surface area (Å²) in [6, 6.07) is 7.68. The molecule has 1 N–H and O–H groups in total. The van der Waals surface area contributed by atoms with Crippen molar-refractivity contribution in [3.8, 4) is 11.3 Å². The Bertz CT molecular complexity index is 519. The molecule has 3 nitrogen and oxygen atoms in total. The van der Waals surface area contributed by atoms with Gasteiger partial charge in [0.1, 0.15) is 16.1 Å². The predicted molar refractivity (Wildman–Crippen MR) is 74.1 cm³/mol. The van der Waals surface area contributed by atoms with Crippen molar-refractivity contribution in [2.45, 2.75) is 6.54 Å². The zero-order chi connectivity index (χ0) is 12.4. The van der Waals surface area contributed by atoms with E-state index in [2.05, 4.69) is 26.2 Å². The summed E-state index contributed by atoms with van der Waals surface area (Å²) in [6.45, 7) is 0.739. The van der Waals surface area contributed by atoms with Crippen LogP contribution in [0.5, 0.6) is 0 Å². The Morgan fingerprint density at radius 3 is 2.59 bits per heavy atom. The Kier molecular flexibility index (Phi) is 3.86. The zero-order valence-corrected chi connectivity index (χ0v) is 12.0. The van der Waals surface area contributed by atoms with Crippen molar-refractivity contribution in [2.24, 2.45) is 7.05 Å². The van der Waals surface area contributed by atoms with Gasteiger partial charge in [-0.1, -0.05) is 23.7 Å². The highest BCUT2D eigenvalue weighted by molar-refractivity contribution is 9.10. The number of imidazole rings is 1. The number of hydrogen-bond donors (Lipinski definition) is 1. The minimum Gasteiger partial charge on any atom is -0.324 e. The molecule has 0 bridgehead atoms. The average Bonchev–Trinajstić information content (AvgIpc) is 2.59. The highest BCUT2D eigenvalue weighted by Gasteiger charge is 2.13. The number of halogens is 2. The van der Waals surface area contributed by atoms with Crippen LogP contribution in [0.4, 0.5) is 0 Å². The molecule has 17 heavy (non-hydrogen) atoms. The summed E-state index contributed by atoms with van der Waals surface area (Å²) >= 11 is 9.44. The molecule has 0 radical (unpaired) electrons. The highest BCUT2D eigenvalue weighted by atomic mass is 79.9. The molecule has 1 aromatic heterocycles. The van der Waals surface area contributed by atoms with Crippen LogP contribution in [0.3, 0.4) is 0 Å². The Balaban J connectivity index is 2.45. The highest BCUT2D eigenvalue weighted by Crippen LogP contribution is 2.28. The topological polar surface area (TPSA) is 29.9 Å². The first-order chi connectivity index (χ1) is 8.13. The number of hydrogen-bond acceptors (Lipinski definition) is 2. The van der Waals surface area contributed by atoms with Crippen molar-refractivity contribution in [2.75, 3.05) is 7.05 Å². The molecule has 0 aliphatic carbocycles. The minimum absolute atomic E-state index is 0.733. The fraction of sp³-hybridized carbons (Fsp3) is 0.250. The lowest BCUT2D eigenvalue weighted by atomic mass is 10.2. The third kappa shape index (κ3) is 2.54. The van der Waals surface area contributed by atoms with Crippen molar-refractivity contribution in [1.29, 1.82) is 0 Å². The van der Waals surface area contributed by atoms with Gasteiger partial charge in [-0.05, 0) is 35.1 Å². The molecule has 0 aliphatic rings. The van der Waals surface area contributed by atoms with Crippen LogP contribution >= 0.6 is 27.5 Å². The van der Waals surface area contributed by atoms with Crippen LogP contribution in [0.2, 0.25) is 5.02 Å². The van der Waals surface area contributed by atoms with E-state index >= 15 is 0 Å². The van der Waals surface area contributed by atoms with E-state index in [9.17, 15) is 0 Å². The number of nitrogens with one attached hydrogen (secondary N) is 1. The second-order valence-corrected chi connectivity index (χ2v) is 4.95. The van der Waals surface area contributed by atoms with Crippen LogP contribution in [-0.2, 0) is 13.6 Å². The van der Waals surface area contributed by atoms with E-state index in [1.54, 1.807) is 0 Å². The summed E-state index contributed by atoms with van der Waals surface area (Å²) in [5, 5.41) is 3.83. The molecule has 0 saturated heterocycles. The molecule has 0 aliphatic heterocycles. The normalized spacial score (nSPS) is 10.8. The van der Waals surface area contributed by atoms with Gasteiger partial charge in [0.2, 0.25) is 0 Å². The molecule has 5 heteroatoms. The molecule has 0 saturated carbocycles. The molecule has 0 atom stereocenters. The number of rotatable bonds is 3. The first-order valence-corrected chi connectivity index (χ1v) is 6.42. The molecule has 2 rings (SSSR count). The minimum atomic E-state index is 0.733. The first-order valence-electron chi connectivity index (χ1n) is 5.25. The van der Waals surface area contributed by atoms with Gasteiger partial charge in [-0.3, -0.25) is 0 Å². The number of benzene rings is 1. The van der Waals surface area contributed by atoms with E-state index in [0.717, 1.165) is 33.3 Å². The lowest BCUT2D eigenvalue weighted by Gasteiger charge is -2.00. The third-order valence-corrected chi connectivity index (χ3v) is 3.73. The molecule has 2 aromatic rings. The van der Waals surface area contributed by atoms with Crippen LogP contribution < -0.4 is 5.32 Å². The Morgan fingerprint density at radius 2 is 2.00 bits per heavy atom. The van der Waals surface area contributed by atoms with Gasteiger partial charge in [0.25, 0.3) is 0 Å². The molecular formula is C12H13BrClN3. The van der Waals surface area contributed by atoms with Gasteiger partial charge in [-0.15, -0.1) is 0 Å². The predicted octanol–water partition coefficient (Wildman–Crippen LogP) is 3.22. The lowest BCUT2D eigenvalue weighted by Crippen LogP contribution is -2.10. The molecule has 0 fully saturated rings. The van der Waals surface area contributed by atoms with E-state index in [0.29, 0.717) is 0 Å². The quantitative estimate of drug-likeness (QED) is 0.942. The summed E-state index contributed by atoms with van der Waals surface area (Å²) in [5.74, 6) is 0.990. The Hall–Kier alpha value is -0.840. The van der Waals surface area contributed by atoms with Crippen molar-refractivity contribution in [3.63, 3.8) is 0 Å². The molecule has 1 aromatic carbocycles. The third-order valence-electron chi connectivity index (χ3n) is 2.57. The van der Waals surface area contributed by atoms with Gasteiger partial charge in [-0.25, -0.2) is 4.98 Å². The van der Waals surface area contributed by atoms with Crippen LogP contribution in [0, 0.1) is 0 Å². The summed E-state index contributed by atoms with van der Waals surface area (Å²) in [4.78, 5) is 4.61. The smallest absolute Gasteiger partial charge is 0.124 e. The fourth-order valence-corrected chi connectivity index (χ4v) is 2.28. The van der Waals surface area contributed by atoms with Crippen LogP contribution in [0.25, 0.3) is 11.3 Å². The maximum atomic E-state index is 5.88. The van der Waals surface area contributed by atoms with E-state index in [1.165, 1.54) is 0 Å². The van der Waals surface area contributed by atoms with Gasteiger partial charge in [0.15, 0.2) is 0 Å². The first kappa shape index (κ1) is 12.6. The van der Waals surface area contributed by atoms with E-state index in [-0.39, 0.29) is 0 Å². The van der Waals surface area contributed by atoms with E-state index in [4.69, 9.17) is 11.6 Å². The molecule has 1 heterocycles. The van der Waals surface area contributed by atoms with Crippen molar-refractivity contribution in [3.05, 3.63) is 39.7 Å². The van der Waals surface area contributed by atoms with Crippen molar-refractivity contribution >= 4 is 27.5 Å². The van der Waals surface area contributed by atoms with Crippen molar-refractivity contribution < 1.29 is 0 Å². The van der Waals surface area contributed by atoms with Gasteiger partial charge in [-0.2, -0.15) is 0 Å². The second kappa shape index (κ2) is 5.21. The maximum Gasteiger partial charge on any atom is 0.124 e. The summed E-state index contributed by atoms with van der Waals surface area (Å²) < 4.78 is 3.01. The number of nitrogens with zero attached hydrogens (tertiary/aromatic N) is 2. The summed E-state index contributed by atoms with van der Waals surface area (Å²) in [5.41, 5.74) is 1.99. The maximum absolute atomic E-state index is 5.88. The molecule has 0 amide bonds. The zero-order valence-electron chi connectivity index (χ0n) is 9.67. The van der Waals surface area contributed by atoms with Crippen LogP contribution in [-0.4, -0.2) is 16.6 Å². The number of aromatic nitrogens is 2. The van der Waals surface area contributed by atoms with Gasteiger partial charge in [0, 0.05) is 17.6 Å². The van der Waals surface area contributed by atoms with E-state index in [1.807, 2.05) is 42.9 Å². The molecule has 90 valence electrons. The second-order valence-electron chi connectivity index (χ2n) is 3.76. The van der Waals surface area contributed by atoms with E-state index < -0.39 is 0 Å². The lowest BCUT2D eigenvalue weighted by molar-refractivity contribution is 0.704. The Labute approximate surface area is 114 Å². The van der Waals surface area contributed by atoms with Crippen LogP contribution in [0.15, 0.2) is 28.9 Å². The van der Waals surface area contributed by atoms with Gasteiger partial charge in [0.05, 0.1) is 6.54 Å². The molecule has 0 unspecified atom stereocenters. The van der Waals surface area contributed by atoms with Gasteiger partial charge < -0.3 is 9.88 Å². The largest absolute Gasteiger partial charge is 0.324 e. The molecular weight excluding hydrogens is 302 g/mol. The van der Waals surface area contributed by atoms with Gasteiger partial charge >= 0.3 is 0 Å².